The molecule has 0 bridgehead atoms. The van der Waals surface area contributed by atoms with Crippen LogP contribution in [0.1, 0.15) is 38.2 Å². The number of piperidine rings is 1. The second-order valence-corrected chi connectivity index (χ2v) is 6.33. The van der Waals surface area contributed by atoms with Crippen LogP contribution in [0.25, 0.3) is 0 Å². The van der Waals surface area contributed by atoms with Gasteiger partial charge in [0.2, 0.25) is 0 Å². The molecular formula is C18H28N2O2. The summed E-state index contributed by atoms with van der Waals surface area (Å²) in [4.78, 5) is 2.58. The van der Waals surface area contributed by atoms with Crippen molar-refractivity contribution in [1.82, 2.24) is 10.2 Å². The van der Waals surface area contributed by atoms with Gasteiger partial charge in [0.1, 0.15) is 0 Å². The van der Waals surface area contributed by atoms with Crippen molar-refractivity contribution in [1.29, 1.82) is 0 Å². The molecule has 22 heavy (non-hydrogen) atoms. The van der Waals surface area contributed by atoms with Gasteiger partial charge in [-0.2, -0.15) is 0 Å². The summed E-state index contributed by atoms with van der Waals surface area (Å²) in [5.74, 6) is 1.78. The van der Waals surface area contributed by atoms with Gasteiger partial charge in [-0.25, -0.2) is 0 Å². The van der Waals surface area contributed by atoms with Crippen LogP contribution in [0.4, 0.5) is 0 Å². The molecule has 0 aliphatic carbocycles. The normalized spacial score (nSPS) is 19.9. The molecule has 1 aromatic carbocycles. The first kappa shape index (κ1) is 15.6. The van der Waals surface area contributed by atoms with Crippen LogP contribution >= 0.6 is 0 Å². The molecule has 2 heterocycles. The van der Waals surface area contributed by atoms with Gasteiger partial charge in [0.05, 0.1) is 13.2 Å². The number of hydrogen-bond acceptors (Lipinski definition) is 4. The van der Waals surface area contributed by atoms with E-state index in [9.17, 15) is 0 Å². The first-order valence-electron chi connectivity index (χ1n) is 8.69. The highest BCUT2D eigenvalue weighted by Crippen LogP contribution is 2.30. The van der Waals surface area contributed by atoms with Crippen molar-refractivity contribution in [2.24, 2.45) is 0 Å². The SMILES string of the molecule is CCCN1CCC(NCc2ccc3c(c2)OCCCO3)CC1. The standard InChI is InChI=1S/C18H28N2O2/c1-2-8-20-9-6-16(7-10-20)19-14-15-4-5-17-18(13-15)22-12-3-11-21-17/h4-5,13,16,19H,2-3,6-12,14H2,1H3. The quantitative estimate of drug-likeness (QED) is 0.907. The summed E-state index contributed by atoms with van der Waals surface area (Å²) in [6, 6.07) is 6.96. The second-order valence-electron chi connectivity index (χ2n) is 6.33. The zero-order valence-electron chi connectivity index (χ0n) is 13.6. The smallest absolute Gasteiger partial charge is 0.161 e. The van der Waals surface area contributed by atoms with Crippen LogP contribution in [0.2, 0.25) is 0 Å². The zero-order valence-corrected chi connectivity index (χ0v) is 13.6. The molecule has 1 aromatic rings. The summed E-state index contributed by atoms with van der Waals surface area (Å²) in [6.45, 7) is 8.37. The number of benzene rings is 1. The highest BCUT2D eigenvalue weighted by molar-refractivity contribution is 5.43. The minimum atomic E-state index is 0.643. The molecule has 0 atom stereocenters. The van der Waals surface area contributed by atoms with E-state index in [1.54, 1.807) is 0 Å². The van der Waals surface area contributed by atoms with Crippen LogP contribution in [0.15, 0.2) is 18.2 Å². The fourth-order valence-electron chi connectivity index (χ4n) is 3.26. The molecule has 0 amide bonds. The van der Waals surface area contributed by atoms with Gasteiger partial charge in [-0.15, -0.1) is 0 Å². The lowest BCUT2D eigenvalue weighted by atomic mass is 10.0. The monoisotopic (exact) mass is 304 g/mol. The third kappa shape index (κ3) is 4.14. The van der Waals surface area contributed by atoms with E-state index < -0.39 is 0 Å². The van der Waals surface area contributed by atoms with Crippen LogP contribution in [0.3, 0.4) is 0 Å². The van der Waals surface area contributed by atoms with Crippen molar-refractivity contribution in [3.63, 3.8) is 0 Å². The molecule has 1 saturated heterocycles. The van der Waals surface area contributed by atoms with Gasteiger partial charge >= 0.3 is 0 Å². The second kappa shape index (κ2) is 7.84. The van der Waals surface area contributed by atoms with Gasteiger partial charge in [-0.05, 0) is 56.6 Å². The summed E-state index contributed by atoms with van der Waals surface area (Å²) in [5.41, 5.74) is 1.28. The molecule has 2 aliphatic rings. The molecule has 4 nitrogen and oxygen atoms in total. The van der Waals surface area contributed by atoms with Crippen LogP contribution in [-0.2, 0) is 6.54 Å². The number of likely N-dealkylation sites (tertiary alicyclic amines) is 1. The van der Waals surface area contributed by atoms with Crippen LogP contribution in [0.5, 0.6) is 11.5 Å². The van der Waals surface area contributed by atoms with Crippen molar-refractivity contribution in [2.75, 3.05) is 32.8 Å². The fraction of sp³-hybridized carbons (Fsp3) is 0.667. The van der Waals surface area contributed by atoms with Crippen LogP contribution < -0.4 is 14.8 Å². The van der Waals surface area contributed by atoms with Crippen molar-refractivity contribution in [3.8, 4) is 11.5 Å². The lowest BCUT2D eigenvalue weighted by Gasteiger charge is -2.32. The first-order valence-corrected chi connectivity index (χ1v) is 8.69. The maximum atomic E-state index is 5.76. The molecule has 1 N–H and O–H groups in total. The Morgan fingerprint density at radius 2 is 1.91 bits per heavy atom. The number of nitrogens with one attached hydrogen (secondary N) is 1. The maximum absolute atomic E-state index is 5.76. The minimum absolute atomic E-state index is 0.643. The van der Waals surface area contributed by atoms with E-state index in [0.29, 0.717) is 6.04 Å². The molecule has 122 valence electrons. The summed E-state index contributed by atoms with van der Waals surface area (Å²) < 4.78 is 11.4. The van der Waals surface area contributed by atoms with Gasteiger partial charge in [0.25, 0.3) is 0 Å². The molecule has 2 aliphatic heterocycles. The lowest BCUT2D eigenvalue weighted by molar-refractivity contribution is 0.197. The molecule has 0 saturated carbocycles. The van der Waals surface area contributed by atoms with Crippen molar-refractivity contribution in [3.05, 3.63) is 23.8 Å². The van der Waals surface area contributed by atoms with Crippen molar-refractivity contribution >= 4 is 0 Å². The Morgan fingerprint density at radius 3 is 2.68 bits per heavy atom. The predicted molar refractivity (Wildman–Crippen MR) is 88.6 cm³/mol. The summed E-state index contributed by atoms with van der Waals surface area (Å²) >= 11 is 0. The summed E-state index contributed by atoms with van der Waals surface area (Å²) in [6.07, 6.45) is 4.73. The highest BCUT2D eigenvalue weighted by atomic mass is 16.5. The number of ether oxygens (including phenoxy) is 2. The van der Waals surface area contributed by atoms with Crippen molar-refractivity contribution in [2.45, 2.75) is 45.2 Å². The molecule has 0 spiro atoms. The van der Waals surface area contributed by atoms with Gasteiger partial charge < -0.3 is 19.7 Å². The molecule has 3 rings (SSSR count). The Labute approximate surface area is 133 Å². The summed E-state index contributed by atoms with van der Waals surface area (Å²) in [7, 11) is 0. The van der Waals surface area contributed by atoms with Gasteiger partial charge in [0.15, 0.2) is 11.5 Å². The molecule has 0 unspecified atom stereocenters. The van der Waals surface area contributed by atoms with Gasteiger partial charge in [0, 0.05) is 19.0 Å². The van der Waals surface area contributed by atoms with Crippen LogP contribution in [-0.4, -0.2) is 43.8 Å². The average molecular weight is 304 g/mol. The van der Waals surface area contributed by atoms with E-state index in [2.05, 4.69) is 29.3 Å². The van der Waals surface area contributed by atoms with Crippen LogP contribution in [0, 0.1) is 0 Å². The van der Waals surface area contributed by atoms with E-state index >= 15 is 0 Å². The number of fused-ring (bicyclic) bond motifs is 1. The van der Waals surface area contributed by atoms with E-state index in [-0.39, 0.29) is 0 Å². The Morgan fingerprint density at radius 1 is 1.14 bits per heavy atom. The predicted octanol–water partition coefficient (Wildman–Crippen LogP) is 2.81. The van der Waals surface area contributed by atoms with Gasteiger partial charge in [-0.1, -0.05) is 13.0 Å². The zero-order chi connectivity index (χ0) is 15.2. The van der Waals surface area contributed by atoms with Gasteiger partial charge in [-0.3, -0.25) is 0 Å². The molecule has 4 heteroatoms. The van der Waals surface area contributed by atoms with E-state index in [1.165, 1.54) is 44.5 Å². The number of hydrogen-bond donors (Lipinski definition) is 1. The Bertz CT molecular complexity index is 470. The molecule has 0 aromatic heterocycles. The highest BCUT2D eigenvalue weighted by Gasteiger charge is 2.18. The van der Waals surface area contributed by atoms with E-state index in [0.717, 1.165) is 37.7 Å². The Kier molecular flexibility index (Phi) is 5.57. The lowest BCUT2D eigenvalue weighted by Crippen LogP contribution is -2.42. The maximum Gasteiger partial charge on any atom is 0.161 e. The molecule has 1 fully saturated rings. The molecule has 0 radical (unpaired) electrons. The first-order chi connectivity index (χ1) is 10.8. The Balaban J connectivity index is 1.49. The Hall–Kier alpha value is -1.26. The summed E-state index contributed by atoms with van der Waals surface area (Å²) in [5, 5.41) is 3.70. The van der Waals surface area contributed by atoms with E-state index in [4.69, 9.17) is 9.47 Å². The van der Waals surface area contributed by atoms with E-state index in [1.807, 2.05) is 6.07 Å². The third-order valence-electron chi connectivity index (χ3n) is 4.53. The fourth-order valence-corrected chi connectivity index (χ4v) is 3.26. The third-order valence-corrected chi connectivity index (χ3v) is 4.53. The minimum Gasteiger partial charge on any atom is -0.490 e. The number of nitrogens with zero attached hydrogens (tertiary/aromatic N) is 1. The topological polar surface area (TPSA) is 33.7 Å². The largest absolute Gasteiger partial charge is 0.490 e. The number of rotatable bonds is 5. The molecular weight excluding hydrogens is 276 g/mol. The average Bonchev–Trinajstić information content (AvgIpc) is 2.79. The van der Waals surface area contributed by atoms with Crippen molar-refractivity contribution < 1.29 is 9.47 Å².